The molecule has 0 unspecified atom stereocenters. The molecule has 1 aliphatic heterocycles. The molecule has 1 heterocycles. The lowest BCUT2D eigenvalue weighted by molar-refractivity contribution is -0.134. The Morgan fingerprint density at radius 2 is 1.94 bits per heavy atom. The van der Waals surface area contributed by atoms with Crippen LogP contribution in [-0.4, -0.2) is 52.8 Å². The van der Waals surface area contributed by atoms with Crippen LogP contribution in [0.4, 0.5) is 0 Å². The van der Waals surface area contributed by atoms with Crippen LogP contribution in [0, 0.1) is 11.3 Å². The minimum absolute atomic E-state index is 0.146. The van der Waals surface area contributed by atoms with Crippen molar-refractivity contribution in [2.24, 2.45) is 0 Å². The van der Waals surface area contributed by atoms with E-state index in [-0.39, 0.29) is 5.91 Å². The van der Waals surface area contributed by atoms with Crippen LogP contribution >= 0.6 is 15.9 Å². The van der Waals surface area contributed by atoms with Crippen molar-refractivity contribution in [3.63, 3.8) is 0 Å². The van der Waals surface area contributed by atoms with Crippen molar-refractivity contribution < 1.29 is 4.79 Å². The summed E-state index contributed by atoms with van der Waals surface area (Å²) >= 11 is 3.39. The fourth-order valence-electron chi connectivity index (χ4n) is 1.76. The molecule has 1 rings (SSSR count). The third-order valence-corrected chi connectivity index (χ3v) is 3.05. The van der Waals surface area contributed by atoms with Gasteiger partial charge in [0.2, 0.25) is 5.91 Å². The van der Waals surface area contributed by atoms with Crippen molar-refractivity contribution in [2.75, 3.05) is 32.7 Å². The van der Waals surface area contributed by atoms with Crippen LogP contribution in [0.2, 0.25) is 0 Å². The Labute approximate surface area is 105 Å². The van der Waals surface area contributed by atoms with Gasteiger partial charge in [0, 0.05) is 39.1 Å². The second kappa shape index (κ2) is 5.65. The summed E-state index contributed by atoms with van der Waals surface area (Å²) in [7, 11) is 0. The van der Waals surface area contributed by atoms with Crippen LogP contribution < -0.4 is 0 Å². The number of rotatable bonds is 3. The first kappa shape index (κ1) is 13.5. The van der Waals surface area contributed by atoms with Crippen LogP contribution in [0.25, 0.3) is 0 Å². The molecule has 0 spiro atoms. The van der Waals surface area contributed by atoms with Crippen LogP contribution in [-0.2, 0) is 4.79 Å². The number of halogens is 1. The maximum absolute atomic E-state index is 11.9. The number of nitrogens with zero attached hydrogens (tertiary/aromatic N) is 3. The Morgan fingerprint density at radius 1 is 1.38 bits per heavy atom. The van der Waals surface area contributed by atoms with Gasteiger partial charge in [-0.25, -0.2) is 0 Å². The summed E-state index contributed by atoms with van der Waals surface area (Å²) in [5.74, 6) is 0.146. The molecular formula is C11H18BrN3O. The SMILES string of the molecule is CC(C)(Br)C(=O)N1CCN(CCC#N)CC1. The maximum Gasteiger partial charge on any atom is 0.238 e. The normalized spacial score (nSPS) is 18.2. The van der Waals surface area contributed by atoms with Gasteiger partial charge in [0.15, 0.2) is 0 Å². The summed E-state index contributed by atoms with van der Waals surface area (Å²) in [5, 5.41) is 8.50. The van der Waals surface area contributed by atoms with Gasteiger partial charge in [-0.2, -0.15) is 5.26 Å². The van der Waals surface area contributed by atoms with Crippen molar-refractivity contribution in [3.05, 3.63) is 0 Å². The number of piperazine rings is 1. The average Bonchev–Trinajstić information content (AvgIpc) is 2.25. The van der Waals surface area contributed by atoms with Gasteiger partial charge in [-0.3, -0.25) is 9.69 Å². The van der Waals surface area contributed by atoms with E-state index in [1.54, 1.807) is 0 Å². The molecule has 0 aliphatic carbocycles. The third kappa shape index (κ3) is 3.76. The van der Waals surface area contributed by atoms with E-state index in [1.807, 2.05) is 18.7 Å². The van der Waals surface area contributed by atoms with Crippen molar-refractivity contribution in [1.82, 2.24) is 9.80 Å². The second-order valence-corrected chi connectivity index (χ2v) is 6.50. The summed E-state index contributed by atoms with van der Waals surface area (Å²) in [5.41, 5.74) is 0. The van der Waals surface area contributed by atoms with E-state index in [1.165, 1.54) is 0 Å². The molecule has 4 nitrogen and oxygen atoms in total. The van der Waals surface area contributed by atoms with Gasteiger partial charge in [0.1, 0.15) is 0 Å². The molecule has 0 aromatic carbocycles. The quantitative estimate of drug-likeness (QED) is 0.734. The van der Waals surface area contributed by atoms with Gasteiger partial charge in [-0.1, -0.05) is 15.9 Å². The lowest BCUT2D eigenvalue weighted by Crippen LogP contribution is -2.52. The lowest BCUT2D eigenvalue weighted by Gasteiger charge is -2.36. The highest BCUT2D eigenvalue weighted by Crippen LogP contribution is 2.20. The highest BCUT2D eigenvalue weighted by atomic mass is 79.9. The largest absolute Gasteiger partial charge is 0.339 e. The Balaban J connectivity index is 2.38. The topological polar surface area (TPSA) is 47.3 Å². The zero-order chi connectivity index (χ0) is 12.2. The van der Waals surface area contributed by atoms with Crippen LogP contribution in [0.5, 0.6) is 0 Å². The number of hydrogen-bond acceptors (Lipinski definition) is 3. The number of carbonyl (C=O) groups is 1. The number of carbonyl (C=O) groups excluding carboxylic acids is 1. The summed E-state index contributed by atoms with van der Waals surface area (Å²) in [6, 6.07) is 2.14. The number of hydrogen-bond donors (Lipinski definition) is 0. The van der Waals surface area contributed by atoms with E-state index in [9.17, 15) is 4.79 Å². The molecule has 0 radical (unpaired) electrons. The lowest BCUT2D eigenvalue weighted by atomic mass is 10.1. The molecule has 1 amide bonds. The average molecular weight is 288 g/mol. The van der Waals surface area contributed by atoms with Crippen LogP contribution in [0.1, 0.15) is 20.3 Å². The number of nitriles is 1. The second-order valence-electron chi connectivity index (χ2n) is 4.51. The molecule has 5 heteroatoms. The highest BCUT2D eigenvalue weighted by Gasteiger charge is 2.30. The van der Waals surface area contributed by atoms with Crippen LogP contribution in [0.3, 0.4) is 0 Å². The van der Waals surface area contributed by atoms with Gasteiger partial charge in [-0.15, -0.1) is 0 Å². The Morgan fingerprint density at radius 3 is 2.38 bits per heavy atom. The first-order chi connectivity index (χ1) is 7.45. The van der Waals surface area contributed by atoms with E-state index in [0.29, 0.717) is 6.42 Å². The molecule has 16 heavy (non-hydrogen) atoms. The van der Waals surface area contributed by atoms with E-state index < -0.39 is 4.32 Å². The fourth-order valence-corrected chi connectivity index (χ4v) is 2.01. The minimum atomic E-state index is -0.470. The molecule has 0 saturated carbocycles. The Hall–Kier alpha value is -0.600. The summed E-state index contributed by atoms with van der Waals surface area (Å²) in [6.07, 6.45) is 0.567. The zero-order valence-corrected chi connectivity index (χ0v) is 11.5. The summed E-state index contributed by atoms with van der Waals surface area (Å²) < 4.78 is -0.470. The van der Waals surface area contributed by atoms with E-state index in [2.05, 4.69) is 26.9 Å². The van der Waals surface area contributed by atoms with Gasteiger partial charge in [0.05, 0.1) is 10.4 Å². The first-order valence-electron chi connectivity index (χ1n) is 5.53. The molecule has 0 aromatic rings. The first-order valence-corrected chi connectivity index (χ1v) is 6.32. The van der Waals surface area contributed by atoms with Crippen molar-refractivity contribution in [3.8, 4) is 6.07 Å². The summed E-state index contributed by atoms with van der Waals surface area (Å²) in [6.45, 7) is 7.83. The standard InChI is InChI=1S/C11H18BrN3O/c1-11(2,12)10(16)15-8-6-14(7-9-15)5-3-4-13/h3,5-9H2,1-2H3. The Kier molecular flexibility index (Phi) is 4.75. The molecule has 1 fully saturated rings. The molecule has 0 N–H and O–H groups in total. The smallest absolute Gasteiger partial charge is 0.238 e. The Bertz CT molecular complexity index is 285. The van der Waals surface area contributed by atoms with Crippen molar-refractivity contribution in [1.29, 1.82) is 5.26 Å². The van der Waals surface area contributed by atoms with Gasteiger partial charge in [0.25, 0.3) is 0 Å². The van der Waals surface area contributed by atoms with Crippen molar-refractivity contribution in [2.45, 2.75) is 24.6 Å². The molecule has 1 saturated heterocycles. The molecule has 0 bridgehead atoms. The highest BCUT2D eigenvalue weighted by molar-refractivity contribution is 9.10. The van der Waals surface area contributed by atoms with E-state index in [4.69, 9.17) is 5.26 Å². The molecule has 1 aliphatic rings. The molecule has 90 valence electrons. The fraction of sp³-hybridized carbons (Fsp3) is 0.818. The molecule has 0 atom stereocenters. The monoisotopic (exact) mass is 287 g/mol. The number of amides is 1. The zero-order valence-electron chi connectivity index (χ0n) is 9.87. The van der Waals surface area contributed by atoms with Gasteiger partial charge < -0.3 is 4.90 Å². The summed E-state index contributed by atoms with van der Waals surface area (Å²) in [4.78, 5) is 16.1. The van der Waals surface area contributed by atoms with Gasteiger partial charge in [-0.05, 0) is 13.8 Å². The third-order valence-electron chi connectivity index (χ3n) is 2.71. The van der Waals surface area contributed by atoms with Gasteiger partial charge >= 0.3 is 0 Å². The van der Waals surface area contributed by atoms with Crippen LogP contribution in [0.15, 0.2) is 0 Å². The maximum atomic E-state index is 11.9. The predicted molar refractivity (Wildman–Crippen MR) is 66.3 cm³/mol. The van der Waals surface area contributed by atoms with E-state index in [0.717, 1.165) is 32.7 Å². The molecule has 0 aromatic heterocycles. The van der Waals surface area contributed by atoms with Crippen molar-refractivity contribution >= 4 is 21.8 Å². The predicted octanol–water partition coefficient (Wildman–Crippen LogP) is 1.22. The van der Waals surface area contributed by atoms with E-state index >= 15 is 0 Å². The number of alkyl halides is 1. The minimum Gasteiger partial charge on any atom is -0.339 e. The molecular weight excluding hydrogens is 270 g/mol.